The molecular weight excluding hydrogens is 240 g/mol. The fourth-order valence-electron chi connectivity index (χ4n) is 1.52. The molecule has 0 radical (unpaired) electrons. The SMILES string of the molecule is CC(C)CS(=O)(=O)c1ccc(CC(=O)O)cc1. The average molecular weight is 256 g/mol. The van der Waals surface area contributed by atoms with Gasteiger partial charge in [-0.3, -0.25) is 4.79 Å². The molecule has 0 saturated heterocycles. The number of benzene rings is 1. The molecule has 0 spiro atoms. The third kappa shape index (κ3) is 4.19. The summed E-state index contributed by atoms with van der Waals surface area (Å²) in [4.78, 5) is 10.7. The standard InChI is InChI=1S/C12H16O4S/c1-9(2)8-17(15,16)11-5-3-10(4-6-11)7-12(13)14/h3-6,9H,7-8H2,1-2H3,(H,13,14). The second-order valence-electron chi connectivity index (χ2n) is 4.39. The Hall–Kier alpha value is -1.36. The number of sulfone groups is 1. The van der Waals surface area contributed by atoms with E-state index in [-0.39, 0.29) is 23.0 Å². The minimum absolute atomic E-state index is 0.0682. The van der Waals surface area contributed by atoms with Gasteiger partial charge in [0.25, 0.3) is 0 Å². The van der Waals surface area contributed by atoms with Gasteiger partial charge in [0.15, 0.2) is 9.84 Å². The van der Waals surface area contributed by atoms with Crippen molar-refractivity contribution in [2.24, 2.45) is 5.92 Å². The maximum atomic E-state index is 11.9. The minimum atomic E-state index is -3.25. The van der Waals surface area contributed by atoms with Crippen LogP contribution in [0, 0.1) is 5.92 Å². The Labute approximate surface area is 101 Å². The summed E-state index contributed by atoms with van der Waals surface area (Å²) in [5, 5.41) is 8.60. The summed E-state index contributed by atoms with van der Waals surface area (Å²) in [7, 11) is -3.25. The van der Waals surface area contributed by atoms with E-state index in [2.05, 4.69) is 0 Å². The summed E-state index contributed by atoms with van der Waals surface area (Å²) >= 11 is 0. The molecule has 1 rings (SSSR count). The van der Waals surface area contributed by atoms with Crippen LogP contribution in [0.3, 0.4) is 0 Å². The zero-order valence-corrected chi connectivity index (χ0v) is 10.7. The van der Waals surface area contributed by atoms with Crippen molar-refractivity contribution in [2.75, 3.05) is 5.75 Å². The number of carboxylic acid groups (broad SMARTS) is 1. The van der Waals surface area contributed by atoms with Gasteiger partial charge in [-0.1, -0.05) is 26.0 Å². The zero-order valence-electron chi connectivity index (χ0n) is 9.88. The monoisotopic (exact) mass is 256 g/mol. The number of aliphatic carboxylic acids is 1. The smallest absolute Gasteiger partial charge is 0.307 e. The summed E-state index contributed by atoms with van der Waals surface area (Å²) in [5.74, 6) is -0.757. The summed E-state index contributed by atoms with van der Waals surface area (Å²) in [6, 6.07) is 6.02. The Balaban J connectivity index is 2.91. The fraction of sp³-hybridized carbons (Fsp3) is 0.417. The van der Waals surface area contributed by atoms with Gasteiger partial charge in [-0.15, -0.1) is 0 Å². The molecule has 0 aliphatic rings. The number of carbonyl (C=O) groups is 1. The molecule has 0 heterocycles. The van der Waals surface area contributed by atoms with Gasteiger partial charge < -0.3 is 5.11 Å². The molecule has 1 aromatic rings. The molecule has 0 saturated carbocycles. The van der Waals surface area contributed by atoms with E-state index in [0.717, 1.165) is 0 Å². The van der Waals surface area contributed by atoms with Crippen molar-refractivity contribution in [3.8, 4) is 0 Å². The van der Waals surface area contributed by atoms with Crippen molar-refractivity contribution in [1.82, 2.24) is 0 Å². The lowest BCUT2D eigenvalue weighted by molar-refractivity contribution is -0.136. The van der Waals surface area contributed by atoms with E-state index >= 15 is 0 Å². The van der Waals surface area contributed by atoms with Crippen LogP contribution in [-0.2, 0) is 21.1 Å². The largest absolute Gasteiger partial charge is 0.481 e. The van der Waals surface area contributed by atoms with Crippen molar-refractivity contribution in [1.29, 1.82) is 0 Å². The highest BCUT2D eigenvalue weighted by atomic mass is 32.2. The summed E-state index contributed by atoms with van der Waals surface area (Å²) < 4.78 is 23.7. The van der Waals surface area contributed by atoms with E-state index < -0.39 is 15.8 Å². The lowest BCUT2D eigenvalue weighted by Gasteiger charge is -2.07. The normalized spacial score (nSPS) is 11.7. The Kier molecular flexibility index (Phi) is 4.28. The predicted molar refractivity (Wildman–Crippen MR) is 64.7 cm³/mol. The maximum Gasteiger partial charge on any atom is 0.307 e. The third-order valence-corrected chi connectivity index (χ3v) is 4.29. The zero-order chi connectivity index (χ0) is 13.1. The summed E-state index contributed by atoms with van der Waals surface area (Å²) in [6.45, 7) is 3.69. The first-order valence-electron chi connectivity index (χ1n) is 5.35. The van der Waals surface area contributed by atoms with E-state index in [1.54, 1.807) is 12.1 Å². The second-order valence-corrected chi connectivity index (χ2v) is 6.42. The van der Waals surface area contributed by atoms with Crippen LogP contribution in [0.5, 0.6) is 0 Å². The minimum Gasteiger partial charge on any atom is -0.481 e. The number of hydrogen-bond acceptors (Lipinski definition) is 3. The molecule has 0 amide bonds. The van der Waals surface area contributed by atoms with E-state index in [0.29, 0.717) is 5.56 Å². The Morgan fingerprint density at radius 1 is 1.24 bits per heavy atom. The van der Waals surface area contributed by atoms with Gasteiger partial charge in [-0.05, 0) is 23.6 Å². The molecule has 1 N–H and O–H groups in total. The Bertz CT molecular complexity index is 486. The number of carboxylic acids is 1. The first-order valence-corrected chi connectivity index (χ1v) is 7.00. The molecule has 0 aliphatic carbocycles. The topological polar surface area (TPSA) is 71.4 Å². The molecule has 0 aromatic heterocycles. The van der Waals surface area contributed by atoms with Gasteiger partial charge in [-0.2, -0.15) is 0 Å². The van der Waals surface area contributed by atoms with Crippen LogP contribution in [0.1, 0.15) is 19.4 Å². The molecule has 0 fully saturated rings. The number of hydrogen-bond donors (Lipinski definition) is 1. The third-order valence-electron chi connectivity index (χ3n) is 2.19. The lowest BCUT2D eigenvalue weighted by Crippen LogP contribution is -2.12. The van der Waals surface area contributed by atoms with Gasteiger partial charge in [0.1, 0.15) is 0 Å². The van der Waals surface area contributed by atoms with Gasteiger partial charge in [0.2, 0.25) is 0 Å². The van der Waals surface area contributed by atoms with E-state index in [1.165, 1.54) is 12.1 Å². The second kappa shape index (κ2) is 5.31. The first kappa shape index (κ1) is 13.7. The van der Waals surface area contributed by atoms with Gasteiger partial charge in [0.05, 0.1) is 17.1 Å². The van der Waals surface area contributed by atoms with E-state index in [1.807, 2.05) is 13.8 Å². The van der Waals surface area contributed by atoms with Crippen LogP contribution < -0.4 is 0 Å². The van der Waals surface area contributed by atoms with Crippen LogP contribution in [0.4, 0.5) is 0 Å². The van der Waals surface area contributed by atoms with E-state index in [9.17, 15) is 13.2 Å². The average Bonchev–Trinajstić information content (AvgIpc) is 2.15. The molecule has 17 heavy (non-hydrogen) atoms. The molecule has 94 valence electrons. The Morgan fingerprint density at radius 3 is 2.18 bits per heavy atom. The van der Waals surface area contributed by atoms with Crippen LogP contribution in [0.25, 0.3) is 0 Å². The quantitative estimate of drug-likeness (QED) is 0.871. The van der Waals surface area contributed by atoms with Crippen molar-refractivity contribution in [2.45, 2.75) is 25.2 Å². The van der Waals surface area contributed by atoms with Crippen molar-refractivity contribution in [3.05, 3.63) is 29.8 Å². The Morgan fingerprint density at radius 2 is 1.76 bits per heavy atom. The molecular formula is C12H16O4S. The van der Waals surface area contributed by atoms with Crippen LogP contribution in [-0.4, -0.2) is 25.2 Å². The maximum absolute atomic E-state index is 11.9. The van der Waals surface area contributed by atoms with E-state index in [4.69, 9.17) is 5.11 Å². The molecule has 5 heteroatoms. The molecule has 4 nitrogen and oxygen atoms in total. The van der Waals surface area contributed by atoms with Gasteiger partial charge >= 0.3 is 5.97 Å². The molecule has 0 bridgehead atoms. The molecule has 0 atom stereocenters. The van der Waals surface area contributed by atoms with Crippen molar-refractivity contribution < 1.29 is 18.3 Å². The highest BCUT2D eigenvalue weighted by Gasteiger charge is 2.16. The van der Waals surface area contributed by atoms with Gasteiger partial charge in [0, 0.05) is 0 Å². The molecule has 0 unspecified atom stereocenters. The highest BCUT2D eigenvalue weighted by Crippen LogP contribution is 2.15. The fourth-order valence-corrected chi connectivity index (χ4v) is 3.15. The van der Waals surface area contributed by atoms with Gasteiger partial charge in [-0.25, -0.2) is 8.42 Å². The molecule has 1 aromatic carbocycles. The summed E-state index contributed by atoms with van der Waals surface area (Å²) in [5.41, 5.74) is 0.598. The highest BCUT2D eigenvalue weighted by molar-refractivity contribution is 7.91. The van der Waals surface area contributed by atoms with Crippen LogP contribution in [0.15, 0.2) is 29.2 Å². The first-order chi connectivity index (χ1) is 7.81. The van der Waals surface area contributed by atoms with Crippen molar-refractivity contribution in [3.63, 3.8) is 0 Å². The predicted octanol–water partition coefficient (Wildman–Crippen LogP) is 1.74. The van der Waals surface area contributed by atoms with Crippen LogP contribution in [0.2, 0.25) is 0 Å². The van der Waals surface area contributed by atoms with Crippen LogP contribution >= 0.6 is 0 Å². The summed E-state index contributed by atoms with van der Waals surface area (Å²) in [6.07, 6.45) is -0.0927. The number of rotatable bonds is 5. The molecule has 0 aliphatic heterocycles. The van der Waals surface area contributed by atoms with Crippen molar-refractivity contribution >= 4 is 15.8 Å². The lowest BCUT2D eigenvalue weighted by atomic mass is 10.2.